The average Bonchev–Trinajstić information content (AvgIpc) is 2.73. The standard InChI is InChI=1S/C23H30N2O2/c26-23(24-27)11-7-2-1-3-8-15-25-16-14-21-17-20(12-13-22(21)18-25)19-9-5-4-6-10-19/h4-6,9-10,12-13,17,27H,1-3,7-8,11,14-16,18H2,(H,24,26). The van der Waals surface area contributed by atoms with Crippen LogP contribution in [-0.2, 0) is 17.8 Å². The van der Waals surface area contributed by atoms with E-state index in [2.05, 4.69) is 53.4 Å². The number of carbonyl (C=O) groups excluding carboxylic acids is 1. The van der Waals surface area contributed by atoms with Gasteiger partial charge in [0.25, 0.3) is 0 Å². The largest absolute Gasteiger partial charge is 0.299 e. The fourth-order valence-electron chi connectivity index (χ4n) is 3.82. The molecule has 0 bridgehead atoms. The highest BCUT2D eigenvalue weighted by molar-refractivity contribution is 5.74. The van der Waals surface area contributed by atoms with Crippen molar-refractivity contribution in [2.24, 2.45) is 0 Å². The van der Waals surface area contributed by atoms with E-state index in [4.69, 9.17) is 5.21 Å². The van der Waals surface area contributed by atoms with Crippen molar-refractivity contribution in [2.75, 3.05) is 13.1 Å². The molecular weight excluding hydrogens is 336 g/mol. The Kier molecular flexibility index (Phi) is 7.43. The van der Waals surface area contributed by atoms with Gasteiger partial charge in [-0.25, -0.2) is 5.48 Å². The van der Waals surface area contributed by atoms with Gasteiger partial charge in [-0.05, 0) is 48.1 Å². The molecule has 0 fully saturated rings. The first-order chi connectivity index (χ1) is 13.3. The zero-order chi connectivity index (χ0) is 18.9. The van der Waals surface area contributed by atoms with Crippen LogP contribution in [0.3, 0.4) is 0 Å². The Morgan fingerprint density at radius 1 is 0.926 bits per heavy atom. The highest BCUT2D eigenvalue weighted by atomic mass is 16.5. The number of hydrogen-bond acceptors (Lipinski definition) is 3. The van der Waals surface area contributed by atoms with E-state index in [0.717, 1.165) is 45.3 Å². The van der Waals surface area contributed by atoms with Gasteiger partial charge in [0.15, 0.2) is 0 Å². The first-order valence-electron chi connectivity index (χ1n) is 10.1. The van der Waals surface area contributed by atoms with Crippen LogP contribution in [0.4, 0.5) is 0 Å². The van der Waals surface area contributed by atoms with E-state index in [1.165, 1.54) is 35.1 Å². The number of fused-ring (bicyclic) bond motifs is 1. The van der Waals surface area contributed by atoms with Crippen LogP contribution in [0.15, 0.2) is 48.5 Å². The minimum atomic E-state index is -0.280. The predicted octanol–water partition coefficient (Wildman–Crippen LogP) is 4.56. The Labute approximate surface area is 162 Å². The number of benzene rings is 2. The molecule has 0 unspecified atom stereocenters. The van der Waals surface area contributed by atoms with Crippen LogP contribution in [0.5, 0.6) is 0 Å². The van der Waals surface area contributed by atoms with Gasteiger partial charge < -0.3 is 0 Å². The second-order valence-electron chi connectivity index (χ2n) is 7.43. The highest BCUT2D eigenvalue weighted by Crippen LogP contribution is 2.26. The molecular formula is C23H30N2O2. The van der Waals surface area contributed by atoms with Gasteiger partial charge in [0.05, 0.1) is 0 Å². The van der Waals surface area contributed by atoms with Gasteiger partial charge in [-0.1, -0.05) is 67.8 Å². The number of nitrogens with one attached hydrogen (secondary N) is 1. The van der Waals surface area contributed by atoms with Crippen molar-refractivity contribution in [1.82, 2.24) is 10.4 Å². The fraction of sp³-hybridized carbons (Fsp3) is 0.435. The maximum atomic E-state index is 10.9. The molecule has 0 radical (unpaired) electrons. The Morgan fingerprint density at radius 3 is 2.52 bits per heavy atom. The van der Waals surface area contributed by atoms with Gasteiger partial charge in [-0.3, -0.25) is 14.9 Å². The third-order valence-electron chi connectivity index (χ3n) is 5.41. The van der Waals surface area contributed by atoms with Crippen molar-refractivity contribution in [3.63, 3.8) is 0 Å². The van der Waals surface area contributed by atoms with Crippen LogP contribution in [0.1, 0.15) is 49.7 Å². The third-order valence-corrected chi connectivity index (χ3v) is 5.41. The Bertz CT molecular complexity index is 730. The first kappa shape index (κ1) is 19.6. The summed E-state index contributed by atoms with van der Waals surface area (Å²) in [6, 6.07) is 17.5. The highest BCUT2D eigenvalue weighted by Gasteiger charge is 2.16. The molecule has 1 heterocycles. The maximum Gasteiger partial charge on any atom is 0.243 e. The van der Waals surface area contributed by atoms with Gasteiger partial charge in [0, 0.05) is 19.5 Å². The van der Waals surface area contributed by atoms with Crippen molar-refractivity contribution in [1.29, 1.82) is 0 Å². The van der Waals surface area contributed by atoms with Gasteiger partial charge in [-0.15, -0.1) is 0 Å². The van der Waals surface area contributed by atoms with Crippen LogP contribution in [0.2, 0.25) is 0 Å². The van der Waals surface area contributed by atoms with E-state index in [9.17, 15) is 4.79 Å². The zero-order valence-electron chi connectivity index (χ0n) is 16.0. The smallest absolute Gasteiger partial charge is 0.243 e. The second-order valence-corrected chi connectivity index (χ2v) is 7.43. The number of rotatable bonds is 9. The molecule has 3 rings (SSSR count). The molecule has 0 spiro atoms. The second kappa shape index (κ2) is 10.2. The lowest BCUT2D eigenvalue weighted by Gasteiger charge is -2.29. The number of hydroxylamine groups is 1. The van der Waals surface area contributed by atoms with Crippen LogP contribution in [-0.4, -0.2) is 29.1 Å². The summed E-state index contributed by atoms with van der Waals surface area (Å²) in [5.41, 5.74) is 7.26. The van der Waals surface area contributed by atoms with Crippen molar-refractivity contribution < 1.29 is 10.0 Å². The minimum absolute atomic E-state index is 0.280. The summed E-state index contributed by atoms with van der Waals surface area (Å²) in [7, 11) is 0. The molecule has 27 heavy (non-hydrogen) atoms. The number of amides is 1. The van der Waals surface area contributed by atoms with E-state index in [1.54, 1.807) is 5.48 Å². The molecule has 2 aromatic carbocycles. The summed E-state index contributed by atoms with van der Waals surface area (Å²) < 4.78 is 0. The van der Waals surface area contributed by atoms with Gasteiger partial charge in [0.2, 0.25) is 5.91 Å². The van der Waals surface area contributed by atoms with E-state index < -0.39 is 0 Å². The normalized spacial score (nSPS) is 14.0. The molecule has 0 saturated carbocycles. The van der Waals surface area contributed by atoms with E-state index >= 15 is 0 Å². The molecule has 4 heteroatoms. The predicted molar refractivity (Wildman–Crippen MR) is 108 cm³/mol. The van der Waals surface area contributed by atoms with Crippen LogP contribution in [0, 0.1) is 0 Å². The third kappa shape index (κ3) is 5.91. The molecule has 1 aliphatic heterocycles. The SMILES string of the molecule is O=C(CCCCCCCN1CCc2cc(-c3ccccc3)ccc2C1)NO. The van der Waals surface area contributed by atoms with Crippen LogP contribution < -0.4 is 5.48 Å². The Hall–Kier alpha value is -2.17. The molecule has 0 aliphatic carbocycles. The van der Waals surface area contributed by atoms with E-state index in [0.29, 0.717) is 6.42 Å². The first-order valence-corrected chi connectivity index (χ1v) is 10.1. The van der Waals surface area contributed by atoms with Crippen molar-refractivity contribution in [3.05, 3.63) is 59.7 Å². The topological polar surface area (TPSA) is 52.6 Å². The summed E-state index contributed by atoms with van der Waals surface area (Å²) in [6.45, 7) is 3.35. The number of nitrogens with zero attached hydrogens (tertiary/aromatic N) is 1. The van der Waals surface area contributed by atoms with Gasteiger partial charge >= 0.3 is 0 Å². The fourth-order valence-corrected chi connectivity index (χ4v) is 3.82. The zero-order valence-corrected chi connectivity index (χ0v) is 16.0. The van der Waals surface area contributed by atoms with E-state index in [-0.39, 0.29) is 5.91 Å². The number of unbranched alkanes of at least 4 members (excludes halogenated alkanes) is 4. The van der Waals surface area contributed by atoms with Crippen molar-refractivity contribution in [2.45, 2.75) is 51.5 Å². The summed E-state index contributed by atoms with van der Waals surface area (Å²) in [6.07, 6.45) is 7.03. The molecule has 2 N–H and O–H groups in total. The molecule has 0 aromatic heterocycles. The average molecular weight is 367 g/mol. The van der Waals surface area contributed by atoms with Gasteiger partial charge in [0.1, 0.15) is 0 Å². The van der Waals surface area contributed by atoms with E-state index in [1.807, 2.05) is 0 Å². The summed E-state index contributed by atoms with van der Waals surface area (Å²) in [5.74, 6) is -0.280. The maximum absolute atomic E-state index is 10.9. The van der Waals surface area contributed by atoms with Crippen molar-refractivity contribution in [3.8, 4) is 11.1 Å². The summed E-state index contributed by atoms with van der Waals surface area (Å²) in [4.78, 5) is 13.5. The monoisotopic (exact) mass is 366 g/mol. The Morgan fingerprint density at radius 2 is 1.70 bits per heavy atom. The minimum Gasteiger partial charge on any atom is -0.299 e. The lowest BCUT2D eigenvalue weighted by atomic mass is 9.94. The molecule has 0 saturated heterocycles. The molecule has 1 amide bonds. The number of hydrogen-bond donors (Lipinski definition) is 2. The molecule has 1 aliphatic rings. The number of carbonyl (C=O) groups is 1. The van der Waals surface area contributed by atoms with Gasteiger partial charge in [-0.2, -0.15) is 0 Å². The van der Waals surface area contributed by atoms with Crippen LogP contribution in [0.25, 0.3) is 11.1 Å². The molecule has 0 atom stereocenters. The molecule has 2 aromatic rings. The lowest BCUT2D eigenvalue weighted by Crippen LogP contribution is -2.31. The summed E-state index contributed by atoms with van der Waals surface area (Å²) in [5, 5.41) is 8.46. The van der Waals surface area contributed by atoms with Crippen LogP contribution >= 0.6 is 0 Å². The van der Waals surface area contributed by atoms with Crippen molar-refractivity contribution >= 4 is 5.91 Å². The quantitative estimate of drug-likeness (QED) is 0.389. The molecule has 144 valence electrons. The summed E-state index contributed by atoms with van der Waals surface area (Å²) >= 11 is 0. The lowest BCUT2D eigenvalue weighted by molar-refractivity contribution is -0.129. The Balaban J connectivity index is 1.39. The molecule has 4 nitrogen and oxygen atoms in total.